The van der Waals surface area contributed by atoms with Crippen molar-refractivity contribution in [2.45, 2.75) is 33.2 Å². The van der Waals surface area contributed by atoms with Crippen molar-refractivity contribution in [1.82, 2.24) is 25.5 Å². The average Bonchev–Trinajstić information content (AvgIpc) is 3.06. The van der Waals surface area contributed by atoms with Crippen molar-refractivity contribution in [3.8, 4) is 0 Å². The van der Waals surface area contributed by atoms with Crippen LogP contribution >= 0.6 is 0 Å². The molecule has 0 aliphatic carbocycles. The molecule has 1 N–H and O–H groups in total. The van der Waals surface area contributed by atoms with E-state index in [0.717, 1.165) is 0 Å². The van der Waals surface area contributed by atoms with Crippen LogP contribution in [0.15, 0.2) is 9.05 Å². The predicted molar refractivity (Wildman–Crippen MR) is 76.6 cm³/mol. The molecule has 0 saturated carbocycles. The SMILES string of the molecule is Cc1noc(CC2C(=O)NCCN2C(=O)c2c(C)noc2C)n1. The smallest absolute Gasteiger partial charge is 0.260 e. The summed E-state index contributed by atoms with van der Waals surface area (Å²) in [5.41, 5.74) is 0.900. The summed E-state index contributed by atoms with van der Waals surface area (Å²) in [4.78, 5) is 30.7. The highest BCUT2D eigenvalue weighted by atomic mass is 16.5. The summed E-state index contributed by atoms with van der Waals surface area (Å²) in [5.74, 6) is 0.719. The van der Waals surface area contributed by atoms with Crippen molar-refractivity contribution < 1.29 is 18.6 Å². The van der Waals surface area contributed by atoms with E-state index in [2.05, 4.69) is 20.6 Å². The van der Waals surface area contributed by atoms with Gasteiger partial charge in [0, 0.05) is 13.1 Å². The lowest BCUT2D eigenvalue weighted by molar-refractivity contribution is -0.128. The van der Waals surface area contributed by atoms with Crippen molar-refractivity contribution in [1.29, 1.82) is 0 Å². The van der Waals surface area contributed by atoms with Crippen LogP contribution in [0.3, 0.4) is 0 Å². The van der Waals surface area contributed by atoms with Gasteiger partial charge in [0.05, 0.1) is 12.1 Å². The highest BCUT2D eigenvalue weighted by Gasteiger charge is 2.36. The lowest BCUT2D eigenvalue weighted by Crippen LogP contribution is -2.58. The van der Waals surface area contributed by atoms with Crippen LogP contribution in [0.2, 0.25) is 0 Å². The lowest BCUT2D eigenvalue weighted by atomic mass is 10.1. The first-order chi connectivity index (χ1) is 11.0. The van der Waals surface area contributed by atoms with Crippen molar-refractivity contribution in [3.63, 3.8) is 0 Å². The molecule has 1 fully saturated rings. The second-order valence-corrected chi connectivity index (χ2v) is 5.44. The number of piperazine rings is 1. The molecule has 2 amide bonds. The molecule has 0 aromatic carbocycles. The summed E-state index contributed by atoms with van der Waals surface area (Å²) in [5, 5.41) is 10.3. The molecule has 9 heteroatoms. The monoisotopic (exact) mass is 319 g/mol. The number of rotatable bonds is 3. The fourth-order valence-electron chi connectivity index (χ4n) is 2.68. The Balaban J connectivity index is 1.88. The van der Waals surface area contributed by atoms with E-state index in [-0.39, 0.29) is 18.2 Å². The van der Waals surface area contributed by atoms with Gasteiger partial charge in [-0.1, -0.05) is 10.3 Å². The number of carbonyl (C=O) groups is 2. The Morgan fingerprint density at radius 2 is 2.09 bits per heavy atom. The van der Waals surface area contributed by atoms with Gasteiger partial charge in [0.1, 0.15) is 17.4 Å². The summed E-state index contributed by atoms with van der Waals surface area (Å²) < 4.78 is 10.1. The van der Waals surface area contributed by atoms with E-state index >= 15 is 0 Å². The van der Waals surface area contributed by atoms with Crippen LogP contribution in [0.1, 0.15) is 33.5 Å². The van der Waals surface area contributed by atoms with Crippen LogP contribution in [0.5, 0.6) is 0 Å². The van der Waals surface area contributed by atoms with E-state index in [1.165, 1.54) is 4.90 Å². The molecule has 9 nitrogen and oxygen atoms in total. The minimum atomic E-state index is -0.704. The second kappa shape index (κ2) is 5.82. The van der Waals surface area contributed by atoms with Crippen LogP contribution in [-0.4, -0.2) is 51.1 Å². The first-order valence-corrected chi connectivity index (χ1v) is 7.28. The van der Waals surface area contributed by atoms with Crippen LogP contribution in [0.4, 0.5) is 0 Å². The Morgan fingerprint density at radius 1 is 1.30 bits per heavy atom. The fourth-order valence-corrected chi connectivity index (χ4v) is 2.68. The predicted octanol–water partition coefficient (Wildman–Crippen LogP) is 0.166. The number of aromatic nitrogens is 3. The van der Waals surface area contributed by atoms with E-state index in [1.807, 2.05) is 0 Å². The zero-order valence-corrected chi connectivity index (χ0v) is 13.1. The largest absolute Gasteiger partial charge is 0.361 e. The van der Waals surface area contributed by atoms with E-state index in [0.29, 0.717) is 41.8 Å². The van der Waals surface area contributed by atoms with E-state index in [4.69, 9.17) is 9.05 Å². The molecule has 0 spiro atoms. The Bertz CT molecular complexity index is 731. The average molecular weight is 319 g/mol. The van der Waals surface area contributed by atoms with Crippen molar-refractivity contribution in [2.24, 2.45) is 0 Å². The molecule has 1 atom stereocenters. The van der Waals surface area contributed by atoms with Crippen LogP contribution in [0.25, 0.3) is 0 Å². The molecule has 1 saturated heterocycles. The maximum Gasteiger partial charge on any atom is 0.260 e. The number of hydrogen-bond donors (Lipinski definition) is 1. The summed E-state index contributed by atoms with van der Waals surface area (Å²) in [6.45, 7) is 5.86. The zero-order valence-electron chi connectivity index (χ0n) is 13.1. The van der Waals surface area contributed by atoms with Gasteiger partial charge in [0.2, 0.25) is 11.8 Å². The van der Waals surface area contributed by atoms with Gasteiger partial charge in [0.15, 0.2) is 5.82 Å². The van der Waals surface area contributed by atoms with E-state index < -0.39 is 6.04 Å². The number of nitrogens with zero attached hydrogens (tertiary/aromatic N) is 4. The fraction of sp³-hybridized carbons (Fsp3) is 0.500. The first-order valence-electron chi connectivity index (χ1n) is 7.28. The quantitative estimate of drug-likeness (QED) is 0.857. The standard InChI is InChI=1S/C14H17N5O4/c1-7-12(8(2)22-17-7)14(21)19-5-4-15-13(20)10(19)6-11-16-9(3)18-23-11/h10H,4-6H2,1-3H3,(H,15,20). The number of carbonyl (C=O) groups excluding carboxylic acids is 2. The third-order valence-corrected chi connectivity index (χ3v) is 3.78. The summed E-state index contributed by atoms with van der Waals surface area (Å²) >= 11 is 0. The molecule has 0 radical (unpaired) electrons. The molecule has 23 heavy (non-hydrogen) atoms. The Hall–Kier alpha value is -2.71. The Kier molecular flexibility index (Phi) is 3.85. The molecule has 1 aliphatic heterocycles. The maximum absolute atomic E-state index is 12.8. The minimum Gasteiger partial charge on any atom is -0.361 e. The third kappa shape index (κ3) is 2.81. The zero-order chi connectivity index (χ0) is 16.6. The third-order valence-electron chi connectivity index (χ3n) is 3.78. The van der Waals surface area contributed by atoms with Gasteiger partial charge in [-0.25, -0.2) is 0 Å². The van der Waals surface area contributed by atoms with Gasteiger partial charge >= 0.3 is 0 Å². The Morgan fingerprint density at radius 3 is 2.70 bits per heavy atom. The molecule has 2 aromatic heterocycles. The summed E-state index contributed by atoms with van der Waals surface area (Å²) in [7, 11) is 0. The minimum absolute atomic E-state index is 0.168. The molecule has 122 valence electrons. The van der Waals surface area contributed by atoms with Gasteiger partial charge in [-0.15, -0.1) is 0 Å². The van der Waals surface area contributed by atoms with E-state index in [9.17, 15) is 9.59 Å². The summed E-state index contributed by atoms with van der Waals surface area (Å²) in [6, 6.07) is -0.704. The normalized spacial score (nSPS) is 18.1. The van der Waals surface area contributed by atoms with Crippen LogP contribution in [-0.2, 0) is 11.2 Å². The second-order valence-electron chi connectivity index (χ2n) is 5.44. The van der Waals surface area contributed by atoms with E-state index in [1.54, 1.807) is 20.8 Å². The highest BCUT2D eigenvalue weighted by Crippen LogP contribution is 2.19. The van der Waals surface area contributed by atoms with Crippen LogP contribution < -0.4 is 5.32 Å². The van der Waals surface area contributed by atoms with Gasteiger partial charge < -0.3 is 19.3 Å². The molecular weight excluding hydrogens is 302 g/mol. The van der Waals surface area contributed by atoms with Crippen LogP contribution in [0, 0.1) is 20.8 Å². The lowest BCUT2D eigenvalue weighted by Gasteiger charge is -2.34. The number of nitrogens with one attached hydrogen (secondary N) is 1. The molecule has 1 aliphatic rings. The highest BCUT2D eigenvalue weighted by molar-refractivity contribution is 5.99. The molecule has 0 bridgehead atoms. The maximum atomic E-state index is 12.8. The Labute approximate surface area is 132 Å². The van der Waals surface area contributed by atoms with Gasteiger partial charge in [0.25, 0.3) is 5.91 Å². The number of aryl methyl sites for hydroxylation is 3. The van der Waals surface area contributed by atoms with Crippen molar-refractivity contribution in [2.75, 3.05) is 13.1 Å². The van der Waals surface area contributed by atoms with Crippen molar-refractivity contribution in [3.05, 3.63) is 28.7 Å². The summed E-state index contributed by atoms with van der Waals surface area (Å²) in [6.07, 6.45) is 0.168. The molecule has 3 rings (SSSR count). The number of hydrogen-bond acceptors (Lipinski definition) is 7. The molecule has 3 heterocycles. The molecule has 1 unspecified atom stereocenters. The molecular formula is C14H17N5O4. The topological polar surface area (TPSA) is 114 Å². The van der Waals surface area contributed by atoms with Gasteiger partial charge in [-0.05, 0) is 20.8 Å². The molecule has 2 aromatic rings. The number of amides is 2. The van der Waals surface area contributed by atoms with Crippen molar-refractivity contribution >= 4 is 11.8 Å². The van der Waals surface area contributed by atoms with Gasteiger partial charge in [-0.2, -0.15) is 4.98 Å². The van der Waals surface area contributed by atoms with Gasteiger partial charge in [-0.3, -0.25) is 9.59 Å². The first kappa shape index (κ1) is 15.2.